The third-order valence-electron chi connectivity index (χ3n) is 2.28. The van der Waals surface area contributed by atoms with Gasteiger partial charge < -0.3 is 15.5 Å². The molecule has 1 heterocycles. The maximum atomic E-state index is 5.81. The summed E-state index contributed by atoms with van der Waals surface area (Å²) in [7, 11) is 0. The van der Waals surface area contributed by atoms with Gasteiger partial charge in [0.15, 0.2) is 0 Å². The van der Waals surface area contributed by atoms with Crippen molar-refractivity contribution < 1.29 is 4.74 Å². The van der Waals surface area contributed by atoms with E-state index < -0.39 is 0 Å². The van der Waals surface area contributed by atoms with Gasteiger partial charge in [0.25, 0.3) is 0 Å². The first-order valence-electron chi connectivity index (χ1n) is 5.12. The van der Waals surface area contributed by atoms with Gasteiger partial charge in [0.05, 0.1) is 17.8 Å². The number of fused-ring (bicyclic) bond motifs is 1. The number of anilines is 1. The van der Waals surface area contributed by atoms with Crippen molar-refractivity contribution in [3.05, 3.63) is 24.0 Å². The third-order valence-corrected chi connectivity index (χ3v) is 2.28. The summed E-state index contributed by atoms with van der Waals surface area (Å²) in [5, 5.41) is 0. The molecule has 4 nitrogen and oxygen atoms in total. The summed E-state index contributed by atoms with van der Waals surface area (Å²) < 4.78 is 5.27. The number of aromatic amines is 1. The Morgan fingerprint density at radius 2 is 2.33 bits per heavy atom. The van der Waals surface area contributed by atoms with Crippen LogP contribution in [0.4, 0.5) is 5.69 Å². The smallest absolute Gasteiger partial charge is 0.111 e. The molecule has 0 aliphatic rings. The molecule has 0 saturated carbocycles. The van der Waals surface area contributed by atoms with Crippen LogP contribution in [-0.4, -0.2) is 23.2 Å². The minimum atomic E-state index is 0.691. The molecule has 0 spiro atoms. The molecule has 0 fully saturated rings. The number of ether oxygens (including phenoxy) is 1. The Kier molecular flexibility index (Phi) is 2.87. The number of para-hydroxylation sites is 1. The van der Waals surface area contributed by atoms with E-state index in [1.807, 2.05) is 25.1 Å². The molecule has 1 aromatic carbocycles. The minimum Gasteiger partial charge on any atom is -0.397 e. The lowest BCUT2D eigenvalue weighted by Gasteiger charge is -1.96. The third kappa shape index (κ3) is 2.10. The summed E-state index contributed by atoms with van der Waals surface area (Å²) >= 11 is 0. The highest BCUT2D eigenvalue weighted by Crippen LogP contribution is 2.17. The zero-order chi connectivity index (χ0) is 10.7. The highest BCUT2D eigenvalue weighted by Gasteiger charge is 2.04. The second-order valence-electron chi connectivity index (χ2n) is 3.37. The number of aromatic nitrogens is 2. The van der Waals surface area contributed by atoms with Gasteiger partial charge in [0.2, 0.25) is 0 Å². The van der Waals surface area contributed by atoms with Gasteiger partial charge in [-0.15, -0.1) is 0 Å². The van der Waals surface area contributed by atoms with E-state index in [0.717, 1.165) is 29.9 Å². The zero-order valence-corrected chi connectivity index (χ0v) is 8.79. The molecule has 0 saturated heterocycles. The van der Waals surface area contributed by atoms with Gasteiger partial charge in [-0.1, -0.05) is 6.07 Å². The number of benzene rings is 1. The van der Waals surface area contributed by atoms with E-state index in [9.17, 15) is 0 Å². The molecular weight excluding hydrogens is 190 g/mol. The van der Waals surface area contributed by atoms with Crippen LogP contribution in [0.5, 0.6) is 0 Å². The molecule has 1 aromatic heterocycles. The predicted molar refractivity (Wildman–Crippen MR) is 60.7 cm³/mol. The second kappa shape index (κ2) is 4.31. The Balaban J connectivity index is 2.20. The van der Waals surface area contributed by atoms with Crippen LogP contribution < -0.4 is 5.73 Å². The number of nitrogen functional groups attached to an aromatic ring is 1. The Hall–Kier alpha value is -1.55. The molecule has 0 unspecified atom stereocenters. The number of hydrogen-bond acceptors (Lipinski definition) is 3. The largest absolute Gasteiger partial charge is 0.397 e. The van der Waals surface area contributed by atoms with E-state index >= 15 is 0 Å². The summed E-state index contributed by atoms with van der Waals surface area (Å²) in [6, 6.07) is 5.75. The minimum absolute atomic E-state index is 0.691. The molecule has 0 aliphatic heterocycles. The average Bonchev–Trinajstić information content (AvgIpc) is 2.63. The fraction of sp³-hybridized carbons (Fsp3) is 0.364. The molecule has 0 radical (unpaired) electrons. The number of H-pyrrole nitrogens is 1. The van der Waals surface area contributed by atoms with E-state index in [4.69, 9.17) is 10.5 Å². The van der Waals surface area contributed by atoms with Crippen LogP contribution in [0.15, 0.2) is 18.2 Å². The van der Waals surface area contributed by atoms with E-state index in [2.05, 4.69) is 9.97 Å². The van der Waals surface area contributed by atoms with Crippen LogP contribution in [0.1, 0.15) is 12.7 Å². The topological polar surface area (TPSA) is 63.9 Å². The summed E-state index contributed by atoms with van der Waals surface area (Å²) in [6.07, 6.45) is 0.794. The van der Waals surface area contributed by atoms with E-state index in [1.54, 1.807) is 0 Å². The fourth-order valence-electron chi connectivity index (χ4n) is 1.54. The second-order valence-corrected chi connectivity index (χ2v) is 3.37. The van der Waals surface area contributed by atoms with E-state index in [0.29, 0.717) is 12.3 Å². The van der Waals surface area contributed by atoms with Gasteiger partial charge in [-0.25, -0.2) is 4.98 Å². The van der Waals surface area contributed by atoms with Crippen molar-refractivity contribution >= 4 is 16.7 Å². The van der Waals surface area contributed by atoms with Crippen molar-refractivity contribution in [3.8, 4) is 0 Å². The number of imidazole rings is 1. The van der Waals surface area contributed by atoms with Crippen molar-refractivity contribution in [3.63, 3.8) is 0 Å². The maximum absolute atomic E-state index is 5.81. The first-order valence-corrected chi connectivity index (χ1v) is 5.12. The van der Waals surface area contributed by atoms with Gasteiger partial charge in [-0.3, -0.25) is 0 Å². The van der Waals surface area contributed by atoms with Crippen molar-refractivity contribution in [2.45, 2.75) is 13.3 Å². The highest BCUT2D eigenvalue weighted by atomic mass is 16.5. The van der Waals surface area contributed by atoms with Crippen LogP contribution in [0, 0.1) is 0 Å². The lowest BCUT2D eigenvalue weighted by atomic mass is 10.3. The van der Waals surface area contributed by atoms with E-state index in [1.165, 1.54) is 0 Å². The van der Waals surface area contributed by atoms with Crippen LogP contribution in [0.25, 0.3) is 11.0 Å². The highest BCUT2D eigenvalue weighted by molar-refractivity contribution is 5.86. The van der Waals surface area contributed by atoms with Gasteiger partial charge in [0, 0.05) is 13.0 Å². The number of hydrogen-bond donors (Lipinski definition) is 2. The molecule has 0 bridgehead atoms. The predicted octanol–water partition coefficient (Wildman–Crippen LogP) is 1.72. The lowest BCUT2D eigenvalue weighted by Crippen LogP contribution is -1.99. The molecule has 4 heteroatoms. The van der Waals surface area contributed by atoms with Gasteiger partial charge in [0.1, 0.15) is 11.3 Å². The standard InChI is InChI=1S/C11H15N3O/c1-2-15-7-6-10-13-9-5-3-4-8(12)11(9)14-10/h3-5H,2,6-7,12H2,1H3,(H,13,14). The van der Waals surface area contributed by atoms with Crippen LogP contribution in [0.3, 0.4) is 0 Å². The average molecular weight is 205 g/mol. The van der Waals surface area contributed by atoms with Crippen LogP contribution >= 0.6 is 0 Å². The molecule has 80 valence electrons. The first kappa shape index (κ1) is 9.98. The Morgan fingerprint density at radius 1 is 1.47 bits per heavy atom. The Bertz CT molecular complexity index is 450. The Morgan fingerprint density at radius 3 is 3.07 bits per heavy atom. The summed E-state index contributed by atoms with van der Waals surface area (Å²) in [6.45, 7) is 3.41. The first-order chi connectivity index (χ1) is 7.31. The molecule has 3 N–H and O–H groups in total. The van der Waals surface area contributed by atoms with Gasteiger partial charge in [-0.2, -0.15) is 0 Å². The van der Waals surface area contributed by atoms with Crippen LogP contribution in [-0.2, 0) is 11.2 Å². The van der Waals surface area contributed by atoms with Gasteiger partial charge >= 0.3 is 0 Å². The SMILES string of the molecule is CCOCCc1nc2c(N)cccc2[nH]1. The Labute approximate surface area is 88.5 Å². The molecular formula is C11H15N3O. The van der Waals surface area contributed by atoms with Crippen molar-refractivity contribution in [1.29, 1.82) is 0 Å². The zero-order valence-electron chi connectivity index (χ0n) is 8.79. The summed E-state index contributed by atoms with van der Waals surface area (Å²) in [5.41, 5.74) is 8.36. The number of rotatable bonds is 4. The monoisotopic (exact) mass is 205 g/mol. The number of nitrogens with two attached hydrogens (primary N) is 1. The molecule has 2 aromatic rings. The van der Waals surface area contributed by atoms with Crippen LogP contribution in [0.2, 0.25) is 0 Å². The normalized spacial score (nSPS) is 11.0. The number of nitrogens with zero attached hydrogens (tertiary/aromatic N) is 1. The quantitative estimate of drug-likeness (QED) is 0.590. The maximum Gasteiger partial charge on any atom is 0.111 e. The molecule has 0 atom stereocenters. The molecule has 2 rings (SSSR count). The molecule has 0 amide bonds. The number of nitrogens with one attached hydrogen (secondary N) is 1. The van der Waals surface area contributed by atoms with Crippen molar-refractivity contribution in [2.24, 2.45) is 0 Å². The summed E-state index contributed by atoms with van der Waals surface area (Å²) in [4.78, 5) is 7.65. The molecule has 0 aliphatic carbocycles. The van der Waals surface area contributed by atoms with Gasteiger partial charge in [-0.05, 0) is 19.1 Å². The molecule has 15 heavy (non-hydrogen) atoms. The summed E-state index contributed by atoms with van der Waals surface area (Å²) in [5.74, 6) is 0.927. The van der Waals surface area contributed by atoms with E-state index in [-0.39, 0.29) is 0 Å². The van der Waals surface area contributed by atoms with Crippen molar-refractivity contribution in [2.75, 3.05) is 18.9 Å². The lowest BCUT2D eigenvalue weighted by molar-refractivity contribution is 0.149. The van der Waals surface area contributed by atoms with Crippen molar-refractivity contribution in [1.82, 2.24) is 9.97 Å². The fourth-order valence-corrected chi connectivity index (χ4v) is 1.54.